The Morgan fingerprint density at radius 3 is 1.59 bits per heavy atom. The highest BCUT2D eigenvalue weighted by Gasteiger charge is 2.19. The van der Waals surface area contributed by atoms with Crippen molar-refractivity contribution >= 4 is 7.82 Å². The first-order valence-corrected chi connectivity index (χ1v) is 13.1. The monoisotopic (exact) mass is 406 g/mol. The number of hydrogen-bond acceptors (Lipinski definition) is 2. The van der Waals surface area contributed by atoms with Gasteiger partial charge in [-0.3, -0.25) is 4.52 Å². The third-order valence-electron chi connectivity index (χ3n) is 5.94. The zero-order valence-electron chi connectivity index (χ0n) is 18.5. The van der Waals surface area contributed by atoms with Crippen LogP contribution in [0.1, 0.15) is 118 Å². The number of rotatable bonds is 19. The topological polar surface area (TPSA) is 66.8 Å². The molecular formula is C22H47O4P. The molecule has 2 unspecified atom stereocenters. The van der Waals surface area contributed by atoms with E-state index >= 15 is 0 Å². The van der Waals surface area contributed by atoms with Crippen LogP contribution in [0.15, 0.2) is 0 Å². The molecule has 5 heteroatoms. The van der Waals surface area contributed by atoms with Crippen LogP contribution in [-0.4, -0.2) is 16.4 Å². The summed E-state index contributed by atoms with van der Waals surface area (Å²) in [4.78, 5) is 17.5. The number of unbranched alkanes of at least 4 members (excludes halogenated alkanes) is 4. The summed E-state index contributed by atoms with van der Waals surface area (Å²) in [5.74, 6) is 2.52. The highest BCUT2D eigenvalue weighted by atomic mass is 31.2. The maximum atomic E-state index is 10.7. The third-order valence-corrected chi connectivity index (χ3v) is 6.45. The van der Waals surface area contributed by atoms with Crippen molar-refractivity contribution in [2.24, 2.45) is 17.8 Å². The standard InChI is InChI=1S/C22H47O4P/c1-5-9-14-20(7-3)18-22(19-21(8-4)15-10-6-2)16-12-11-13-17-26-27(23,24)25/h20-22H,5-19H2,1-4H3,(H2,23,24,25). The minimum absolute atomic E-state index is 0.164. The molecule has 0 aliphatic rings. The molecule has 4 nitrogen and oxygen atoms in total. The molecule has 0 amide bonds. The second-order valence-corrected chi connectivity index (χ2v) is 9.58. The van der Waals surface area contributed by atoms with Gasteiger partial charge < -0.3 is 9.79 Å². The Kier molecular flexibility index (Phi) is 17.1. The second kappa shape index (κ2) is 17.0. The Balaban J connectivity index is 4.46. The zero-order chi connectivity index (χ0) is 20.5. The predicted octanol–water partition coefficient (Wildman–Crippen LogP) is 7.49. The van der Waals surface area contributed by atoms with Crippen molar-refractivity contribution in [3.8, 4) is 0 Å². The van der Waals surface area contributed by atoms with Gasteiger partial charge in [0, 0.05) is 0 Å². The molecule has 164 valence electrons. The Bertz CT molecular complexity index is 351. The van der Waals surface area contributed by atoms with Gasteiger partial charge in [-0.15, -0.1) is 0 Å². The van der Waals surface area contributed by atoms with Crippen LogP contribution in [0.5, 0.6) is 0 Å². The van der Waals surface area contributed by atoms with E-state index < -0.39 is 7.82 Å². The van der Waals surface area contributed by atoms with Gasteiger partial charge in [0.15, 0.2) is 0 Å². The lowest BCUT2D eigenvalue weighted by atomic mass is 9.79. The summed E-state index contributed by atoms with van der Waals surface area (Å²) in [6.45, 7) is 9.40. The first-order valence-electron chi connectivity index (χ1n) is 11.6. The average molecular weight is 407 g/mol. The maximum absolute atomic E-state index is 10.7. The lowest BCUT2D eigenvalue weighted by Crippen LogP contribution is -2.14. The smallest absolute Gasteiger partial charge is 0.303 e. The fourth-order valence-corrected chi connectivity index (χ4v) is 4.50. The molecule has 2 N–H and O–H groups in total. The first-order chi connectivity index (χ1) is 12.9. The minimum atomic E-state index is -4.30. The summed E-state index contributed by atoms with van der Waals surface area (Å²) in [6, 6.07) is 0. The van der Waals surface area contributed by atoms with Gasteiger partial charge in [0.05, 0.1) is 6.61 Å². The Morgan fingerprint density at radius 2 is 1.19 bits per heavy atom. The predicted molar refractivity (Wildman–Crippen MR) is 116 cm³/mol. The molecule has 0 saturated heterocycles. The molecule has 0 rings (SSSR count). The van der Waals surface area contributed by atoms with Crippen LogP contribution >= 0.6 is 7.82 Å². The molecule has 27 heavy (non-hydrogen) atoms. The van der Waals surface area contributed by atoms with Crippen molar-refractivity contribution in [3.63, 3.8) is 0 Å². The quantitative estimate of drug-likeness (QED) is 0.172. The van der Waals surface area contributed by atoms with Crippen LogP contribution in [0.3, 0.4) is 0 Å². The van der Waals surface area contributed by atoms with Crippen molar-refractivity contribution < 1.29 is 18.9 Å². The fraction of sp³-hybridized carbons (Fsp3) is 1.00. The van der Waals surface area contributed by atoms with Crippen molar-refractivity contribution in [2.45, 2.75) is 118 Å². The summed E-state index contributed by atoms with van der Waals surface area (Å²) >= 11 is 0. The summed E-state index contributed by atoms with van der Waals surface area (Å²) < 4.78 is 15.3. The van der Waals surface area contributed by atoms with E-state index in [0.29, 0.717) is 0 Å². The van der Waals surface area contributed by atoms with Gasteiger partial charge in [0.25, 0.3) is 0 Å². The summed E-state index contributed by atoms with van der Waals surface area (Å²) in [6.07, 6.45) is 17.4. The van der Waals surface area contributed by atoms with E-state index in [1.54, 1.807) is 0 Å². The van der Waals surface area contributed by atoms with Crippen molar-refractivity contribution in [3.05, 3.63) is 0 Å². The zero-order valence-corrected chi connectivity index (χ0v) is 19.4. The average Bonchev–Trinajstić information content (AvgIpc) is 2.63. The minimum Gasteiger partial charge on any atom is -0.303 e. The van der Waals surface area contributed by atoms with E-state index in [1.165, 1.54) is 70.6 Å². The highest BCUT2D eigenvalue weighted by molar-refractivity contribution is 7.46. The lowest BCUT2D eigenvalue weighted by molar-refractivity contribution is 0.191. The second-order valence-electron chi connectivity index (χ2n) is 8.34. The molecule has 0 heterocycles. The van der Waals surface area contributed by atoms with Gasteiger partial charge in [0.1, 0.15) is 0 Å². The molecule has 0 aromatic rings. The summed E-state index contributed by atoms with van der Waals surface area (Å²) in [5.41, 5.74) is 0. The fourth-order valence-electron chi connectivity index (χ4n) is 4.13. The van der Waals surface area contributed by atoms with Crippen LogP contribution in [-0.2, 0) is 9.09 Å². The molecule has 2 atom stereocenters. The Hall–Kier alpha value is 0.110. The van der Waals surface area contributed by atoms with Crippen LogP contribution < -0.4 is 0 Å². The molecule has 0 aromatic heterocycles. The van der Waals surface area contributed by atoms with Crippen LogP contribution in [0.4, 0.5) is 0 Å². The molecule has 0 radical (unpaired) electrons. The molecule has 0 aliphatic heterocycles. The van der Waals surface area contributed by atoms with E-state index in [1.807, 2.05) is 0 Å². The number of phosphoric ester groups is 1. The van der Waals surface area contributed by atoms with E-state index in [9.17, 15) is 4.57 Å². The SMILES string of the molecule is CCCCC(CC)CC(CCCCCOP(=O)(O)O)CC(CC)CCCC. The maximum Gasteiger partial charge on any atom is 0.469 e. The highest BCUT2D eigenvalue weighted by Crippen LogP contribution is 2.36. The number of phosphoric acid groups is 1. The molecule has 0 aliphatic carbocycles. The van der Waals surface area contributed by atoms with E-state index in [4.69, 9.17) is 9.79 Å². The third kappa shape index (κ3) is 16.7. The molecule has 0 fully saturated rings. The number of hydrogen-bond donors (Lipinski definition) is 2. The van der Waals surface area contributed by atoms with Gasteiger partial charge >= 0.3 is 7.82 Å². The van der Waals surface area contributed by atoms with E-state index in [-0.39, 0.29) is 6.61 Å². The summed E-state index contributed by atoms with van der Waals surface area (Å²) in [7, 11) is -4.30. The van der Waals surface area contributed by atoms with Crippen LogP contribution in [0.2, 0.25) is 0 Å². The van der Waals surface area contributed by atoms with Crippen molar-refractivity contribution in [1.29, 1.82) is 0 Å². The molecule has 0 bridgehead atoms. The van der Waals surface area contributed by atoms with Crippen LogP contribution in [0, 0.1) is 17.8 Å². The van der Waals surface area contributed by atoms with E-state index in [2.05, 4.69) is 32.2 Å². The normalized spacial score (nSPS) is 15.6. The molecule has 0 spiro atoms. The Labute approximate surface area is 169 Å². The van der Waals surface area contributed by atoms with Crippen LogP contribution in [0.25, 0.3) is 0 Å². The Morgan fingerprint density at radius 1 is 0.704 bits per heavy atom. The van der Waals surface area contributed by atoms with Gasteiger partial charge in [-0.05, 0) is 37.0 Å². The van der Waals surface area contributed by atoms with Crippen molar-refractivity contribution in [2.75, 3.05) is 6.61 Å². The van der Waals surface area contributed by atoms with Gasteiger partial charge in [-0.1, -0.05) is 98.3 Å². The molecule has 0 aromatic carbocycles. The van der Waals surface area contributed by atoms with Gasteiger partial charge in [0.2, 0.25) is 0 Å². The summed E-state index contributed by atoms with van der Waals surface area (Å²) in [5, 5.41) is 0. The molecular weight excluding hydrogens is 359 g/mol. The largest absolute Gasteiger partial charge is 0.469 e. The van der Waals surface area contributed by atoms with Gasteiger partial charge in [-0.2, -0.15) is 0 Å². The van der Waals surface area contributed by atoms with E-state index in [0.717, 1.165) is 37.0 Å². The lowest BCUT2D eigenvalue weighted by Gasteiger charge is -2.27. The van der Waals surface area contributed by atoms with Crippen molar-refractivity contribution in [1.82, 2.24) is 0 Å². The first kappa shape index (κ1) is 27.1. The van der Waals surface area contributed by atoms with Gasteiger partial charge in [-0.25, -0.2) is 4.57 Å². The molecule has 0 saturated carbocycles.